The average molecular weight is 328 g/mol. The standard InChI is InChI=1S/C13H17N3O7/c1-9(18)6-10-12(15(20)21)3-2-11(19)13(10,16(22)23)8-14(7-12)4-5-17/h2-3,10,17H,4-8H2,1H3/p+1/t10-,12-,13-/m1/s1. The SMILES string of the molecule is CC(=O)C[C@H]1[C@]2([N+](=O)[O-])C[NH+](CCO)C[C@]1([N+](=O)[O-])C=CC2=O. The number of aliphatic hydroxyl groups is 1. The van der Waals surface area contributed by atoms with Crippen LogP contribution in [-0.2, 0) is 9.59 Å². The number of hydrogen-bond acceptors (Lipinski definition) is 7. The van der Waals surface area contributed by atoms with Gasteiger partial charge in [-0.25, -0.2) is 0 Å². The van der Waals surface area contributed by atoms with Crippen molar-refractivity contribution in [1.29, 1.82) is 0 Å². The number of fused-ring (bicyclic) bond motifs is 2. The summed E-state index contributed by atoms with van der Waals surface area (Å²) in [5, 5.41) is 32.6. The highest BCUT2D eigenvalue weighted by molar-refractivity contribution is 5.99. The van der Waals surface area contributed by atoms with E-state index in [4.69, 9.17) is 5.11 Å². The number of carbonyl (C=O) groups excluding carboxylic acids is 2. The van der Waals surface area contributed by atoms with Gasteiger partial charge in [-0.1, -0.05) is 0 Å². The number of likely N-dealkylation sites (tertiary alicyclic amines) is 1. The lowest BCUT2D eigenvalue weighted by Crippen LogP contribution is -3.19. The Balaban J connectivity index is 2.67. The van der Waals surface area contributed by atoms with Crippen LogP contribution in [0.3, 0.4) is 0 Å². The first-order chi connectivity index (χ1) is 10.7. The number of nitrogens with zero attached hydrogens (tertiary/aromatic N) is 2. The zero-order valence-corrected chi connectivity index (χ0v) is 12.6. The van der Waals surface area contributed by atoms with Gasteiger partial charge in [0.15, 0.2) is 13.1 Å². The van der Waals surface area contributed by atoms with Crippen LogP contribution < -0.4 is 4.90 Å². The number of hydrogen-bond donors (Lipinski definition) is 2. The maximum Gasteiger partial charge on any atom is 0.340 e. The third kappa shape index (κ3) is 2.43. The van der Waals surface area contributed by atoms with E-state index in [-0.39, 0.29) is 26.2 Å². The third-order valence-electron chi connectivity index (χ3n) is 4.81. The smallest absolute Gasteiger partial charge is 0.340 e. The molecule has 0 aromatic carbocycles. The molecule has 0 amide bonds. The van der Waals surface area contributed by atoms with Crippen molar-refractivity contribution < 1.29 is 29.4 Å². The molecule has 1 fully saturated rings. The van der Waals surface area contributed by atoms with E-state index in [9.17, 15) is 29.8 Å². The van der Waals surface area contributed by atoms with Gasteiger partial charge in [-0.3, -0.25) is 25.0 Å². The molecule has 10 nitrogen and oxygen atoms in total. The van der Waals surface area contributed by atoms with Crippen LogP contribution in [0.4, 0.5) is 0 Å². The normalized spacial score (nSPS) is 35.8. The van der Waals surface area contributed by atoms with E-state index in [1.807, 2.05) is 0 Å². The molecule has 4 atom stereocenters. The lowest BCUT2D eigenvalue weighted by molar-refractivity contribution is -0.943. The number of nitro groups is 2. The number of nitrogens with one attached hydrogen (secondary N) is 1. The summed E-state index contributed by atoms with van der Waals surface area (Å²) in [5.41, 5.74) is -4.08. The van der Waals surface area contributed by atoms with Crippen LogP contribution in [0.15, 0.2) is 12.2 Å². The molecule has 2 bridgehead atoms. The second-order valence-corrected chi connectivity index (χ2v) is 6.16. The number of aliphatic hydroxyl groups excluding tert-OH is 1. The van der Waals surface area contributed by atoms with Crippen molar-refractivity contribution >= 4 is 11.6 Å². The predicted molar refractivity (Wildman–Crippen MR) is 75.0 cm³/mol. The Morgan fingerprint density at radius 2 is 2.04 bits per heavy atom. The largest absolute Gasteiger partial charge is 0.391 e. The first-order valence-electron chi connectivity index (χ1n) is 7.17. The molecule has 1 aliphatic carbocycles. The van der Waals surface area contributed by atoms with Gasteiger partial charge in [0.25, 0.3) is 5.54 Å². The van der Waals surface area contributed by atoms with E-state index in [1.165, 1.54) is 6.92 Å². The molecular formula is C13H18N3O7+. The summed E-state index contributed by atoms with van der Waals surface area (Å²) in [6, 6.07) is 0. The first-order valence-corrected chi connectivity index (χ1v) is 7.17. The molecule has 23 heavy (non-hydrogen) atoms. The monoisotopic (exact) mass is 328 g/mol. The summed E-state index contributed by atoms with van der Waals surface area (Å²) in [6.07, 6.45) is 1.57. The molecule has 0 aromatic rings. The quantitative estimate of drug-likeness (QED) is 0.410. The fourth-order valence-corrected chi connectivity index (χ4v) is 3.80. The van der Waals surface area contributed by atoms with E-state index in [0.29, 0.717) is 4.90 Å². The van der Waals surface area contributed by atoms with Crippen LogP contribution in [0, 0.1) is 26.1 Å². The third-order valence-corrected chi connectivity index (χ3v) is 4.81. The van der Waals surface area contributed by atoms with Crippen molar-refractivity contribution in [2.24, 2.45) is 5.92 Å². The van der Waals surface area contributed by atoms with E-state index < -0.39 is 44.8 Å². The van der Waals surface area contributed by atoms with Gasteiger partial charge in [-0.2, -0.15) is 0 Å². The van der Waals surface area contributed by atoms with Gasteiger partial charge in [0.05, 0.1) is 6.61 Å². The maximum absolute atomic E-state index is 12.3. The van der Waals surface area contributed by atoms with Gasteiger partial charge in [0, 0.05) is 22.3 Å². The number of ketones is 2. The van der Waals surface area contributed by atoms with Crippen molar-refractivity contribution in [1.82, 2.24) is 0 Å². The zero-order chi connectivity index (χ0) is 17.4. The van der Waals surface area contributed by atoms with Crippen LogP contribution in [0.25, 0.3) is 0 Å². The Morgan fingerprint density at radius 3 is 2.52 bits per heavy atom. The molecule has 2 aliphatic rings. The van der Waals surface area contributed by atoms with Crippen molar-refractivity contribution in [2.75, 3.05) is 26.2 Å². The summed E-state index contributed by atoms with van der Waals surface area (Å²) >= 11 is 0. The summed E-state index contributed by atoms with van der Waals surface area (Å²) < 4.78 is 0. The number of piperidine rings is 1. The summed E-state index contributed by atoms with van der Waals surface area (Å²) in [5.74, 6) is -2.61. The molecule has 1 unspecified atom stereocenters. The van der Waals surface area contributed by atoms with Crippen LogP contribution >= 0.6 is 0 Å². The number of Topliss-reactive ketones (excluding diaryl/α,β-unsaturated/α-hetero) is 1. The number of rotatable bonds is 6. The molecule has 10 heteroatoms. The second-order valence-electron chi connectivity index (χ2n) is 6.16. The van der Waals surface area contributed by atoms with Crippen molar-refractivity contribution in [3.05, 3.63) is 32.4 Å². The Hall–Kier alpha value is -2.20. The first kappa shape index (κ1) is 17.2. The number of quaternary nitrogens is 1. The molecule has 0 saturated carbocycles. The fraction of sp³-hybridized carbons (Fsp3) is 0.692. The Kier molecular flexibility index (Phi) is 4.31. The lowest BCUT2D eigenvalue weighted by Gasteiger charge is -2.45. The number of carbonyl (C=O) groups is 2. The van der Waals surface area contributed by atoms with Gasteiger partial charge < -0.3 is 14.8 Å². The van der Waals surface area contributed by atoms with Crippen LogP contribution in [0.2, 0.25) is 0 Å². The average Bonchev–Trinajstić information content (AvgIpc) is 2.44. The minimum atomic E-state index is -2.21. The Bertz CT molecular complexity index is 604. The minimum Gasteiger partial charge on any atom is -0.391 e. The molecule has 0 spiro atoms. The molecule has 1 heterocycles. The lowest BCUT2D eigenvalue weighted by atomic mass is 9.61. The Labute approximate surface area is 131 Å². The molecule has 0 aromatic heterocycles. The Morgan fingerprint density at radius 1 is 1.39 bits per heavy atom. The van der Waals surface area contributed by atoms with Crippen molar-refractivity contribution in [2.45, 2.75) is 24.4 Å². The molecule has 2 N–H and O–H groups in total. The summed E-state index contributed by atoms with van der Waals surface area (Å²) in [6.45, 7) is 0.540. The van der Waals surface area contributed by atoms with E-state index in [0.717, 1.165) is 12.2 Å². The molecule has 0 radical (unpaired) electrons. The van der Waals surface area contributed by atoms with Crippen molar-refractivity contribution in [3.63, 3.8) is 0 Å². The fourth-order valence-electron chi connectivity index (χ4n) is 3.80. The molecule has 2 rings (SSSR count). The van der Waals surface area contributed by atoms with Crippen LogP contribution in [-0.4, -0.2) is 63.8 Å². The second kappa shape index (κ2) is 5.78. The van der Waals surface area contributed by atoms with E-state index in [1.54, 1.807) is 0 Å². The highest BCUT2D eigenvalue weighted by atomic mass is 16.6. The molecular weight excluding hydrogens is 310 g/mol. The van der Waals surface area contributed by atoms with Crippen molar-refractivity contribution in [3.8, 4) is 0 Å². The van der Waals surface area contributed by atoms with Gasteiger partial charge in [-0.05, 0) is 13.0 Å². The zero-order valence-electron chi connectivity index (χ0n) is 12.6. The van der Waals surface area contributed by atoms with Crippen LogP contribution in [0.5, 0.6) is 0 Å². The van der Waals surface area contributed by atoms with Gasteiger partial charge >= 0.3 is 5.54 Å². The molecule has 1 aliphatic heterocycles. The van der Waals surface area contributed by atoms with E-state index >= 15 is 0 Å². The summed E-state index contributed by atoms with van der Waals surface area (Å²) in [7, 11) is 0. The molecule has 126 valence electrons. The maximum atomic E-state index is 12.3. The van der Waals surface area contributed by atoms with Gasteiger partial charge in [-0.15, -0.1) is 0 Å². The predicted octanol–water partition coefficient (Wildman–Crippen LogP) is -2.36. The van der Waals surface area contributed by atoms with E-state index in [2.05, 4.69) is 0 Å². The summed E-state index contributed by atoms with van der Waals surface area (Å²) in [4.78, 5) is 46.3. The van der Waals surface area contributed by atoms with Crippen LogP contribution in [0.1, 0.15) is 13.3 Å². The highest BCUT2D eigenvalue weighted by Gasteiger charge is 2.76. The minimum absolute atomic E-state index is 0.0547. The topological polar surface area (TPSA) is 145 Å². The van der Waals surface area contributed by atoms with Gasteiger partial charge in [0.2, 0.25) is 5.78 Å². The highest BCUT2D eigenvalue weighted by Crippen LogP contribution is 2.42. The molecule has 1 saturated heterocycles. The van der Waals surface area contributed by atoms with Gasteiger partial charge in [0.1, 0.15) is 18.2 Å².